The highest BCUT2D eigenvalue weighted by Crippen LogP contribution is 2.11. The van der Waals surface area contributed by atoms with Crippen molar-refractivity contribution in [3.63, 3.8) is 0 Å². The van der Waals surface area contributed by atoms with Crippen LogP contribution in [0.2, 0.25) is 0 Å². The molecule has 3 nitrogen and oxygen atoms in total. The standard InChI is InChI=1S/C13H16BrNO2/c1-2-7-15(8-9-16)13(17)10-11-3-5-12(14)6-4-11/h2-6,16H,1,7-10H2. The van der Waals surface area contributed by atoms with Gasteiger partial charge < -0.3 is 10.0 Å². The summed E-state index contributed by atoms with van der Waals surface area (Å²) in [6.45, 7) is 4.39. The van der Waals surface area contributed by atoms with Gasteiger partial charge in [-0.2, -0.15) is 0 Å². The molecule has 0 atom stereocenters. The molecular weight excluding hydrogens is 282 g/mol. The molecule has 0 spiro atoms. The molecule has 0 unspecified atom stereocenters. The fourth-order valence-electron chi connectivity index (χ4n) is 1.48. The number of halogens is 1. The maximum atomic E-state index is 11.9. The zero-order chi connectivity index (χ0) is 12.7. The minimum atomic E-state index is -0.0279. The van der Waals surface area contributed by atoms with Crippen LogP contribution in [0.15, 0.2) is 41.4 Å². The second-order valence-electron chi connectivity index (χ2n) is 3.66. The third-order valence-corrected chi connectivity index (χ3v) is 2.87. The van der Waals surface area contributed by atoms with Gasteiger partial charge in [-0.05, 0) is 17.7 Å². The maximum absolute atomic E-state index is 11.9. The molecule has 0 aliphatic rings. The summed E-state index contributed by atoms with van der Waals surface area (Å²) in [5.41, 5.74) is 0.963. The average Bonchev–Trinajstić information content (AvgIpc) is 2.32. The second-order valence-corrected chi connectivity index (χ2v) is 4.57. The summed E-state index contributed by atoms with van der Waals surface area (Å²) in [7, 11) is 0. The Kier molecular flexibility index (Phi) is 5.94. The zero-order valence-electron chi connectivity index (χ0n) is 9.60. The first-order chi connectivity index (χ1) is 8.17. The normalized spacial score (nSPS) is 10.0. The second kappa shape index (κ2) is 7.25. The van der Waals surface area contributed by atoms with E-state index in [0.717, 1.165) is 10.0 Å². The lowest BCUT2D eigenvalue weighted by atomic mass is 10.1. The van der Waals surface area contributed by atoms with Crippen molar-refractivity contribution in [2.75, 3.05) is 19.7 Å². The third kappa shape index (κ3) is 4.71. The van der Waals surface area contributed by atoms with Gasteiger partial charge >= 0.3 is 0 Å². The summed E-state index contributed by atoms with van der Waals surface area (Å²) in [6.07, 6.45) is 2.01. The number of carbonyl (C=O) groups is 1. The van der Waals surface area contributed by atoms with Gasteiger partial charge in [-0.1, -0.05) is 34.1 Å². The molecule has 0 bridgehead atoms. The number of aliphatic hydroxyl groups is 1. The molecule has 0 fully saturated rings. The minimum absolute atomic E-state index is 0.00118. The summed E-state index contributed by atoms with van der Waals surface area (Å²) < 4.78 is 0.993. The van der Waals surface area contributed by atoms with Gasteiger partial charge in [0.1, 0.15) is 0 Å². The first kappa shape index (κ1) is 13.9. The van der Waals surface area contributed by atoms with Gasteiger partial charge in [0.25, 0.3) is 0 Å². The van der Waals surface area contributed by atoms with Crippen molar-refractivity contribution < 1.29 is 9.90 Å². The molecule has 0 heterocycles. The molecule has 4 heteroatoms. The highest BCUT2D eigenvalue weighted by Gasteiger charge is 2.11. The van der Waals surface area contributed by atoms with E-state index in [0.29, 0.717) is 19.5 Å². The van der Waals surface area contributed by atoms with E-state index >= 15 is 0 Å². The fraction of sp³-hybridized carbons (Fsp3) is 0.308. The molecule has 0 saturated heterocycles. The SMILES string of the molecule is C=CCN(CCO)C(=O)Cc1ccc(Br)cc1. The number of carbonyl (C=O) groups excluding carboxylic acids is 1. The minimum Gasteiger partial charge on any atom is -0.395 e. The molecule has 0 saturated carbocycles. The number of aliphatic hydroxyl groups excluding tert-OH is 1. The smallest absolute Gasteiger partial charge is 0.227 e. The van der Waals surface area contributed by atoms with E-state index < -0.39 is 0 Å². The van der Waals surface area contributed by atoms with Gasteiger partial charge in [0.15, 0.2) is 0 Å². The van der Waals surface area contributed by atoms with Gasteiger partial charge in [0.2, 0.25) is 5.91 Å². The van der Waals surface area contributed by atoms with Crippen LogP contribution in [-0.2, 0) is 11.2 Å². The van der Waals surface area contributed by atoms with Crippen molar-refractivity contribution in [3.05, 3.63) is 47.0 Å². The Hall–Kier alpha value is -1.13. The average molecular weight is 298 g/mol. The van der Waals surface area contributed by atoms with E-state index in [1.54, 1.807) is 11.0 Å². The van der Waals surface area contributed by atoms with Crippen LogP contribution < -0.4 is 0 Å². The fourth-order valence-corrected chi connectivity index (χ4v) is 1.75. The first-order valence-electron chi connectivity index (χ1n) is 5.41. The largest absolute Gasteiger partial charge is 0.395 e. The Balaban J connectivity index is 2.62. The summed E-state index contributed by atoms with van der Waals surface area (Å²) in [5, 5.41) is 8.88. The van der Waals surface area contributed by atoms with Crippen LogP contribution in [0.25, 0.3) is 0 Å². The lowest BCUT2D eigenvalue weighted by molar-refractivity contribution is -0.130. The molecule has 1 amide bonds. The Bertz CT molecular complexity index is 376. The molecule has 1 aromatic carbocycles. The number of rotatable bonds is 6. The van der Waals surface area contributed by atoms with E-state index in [1.807, 2.05) is 24.3 Å². The van der Waals surface area contributed by atoms with Crippen molar-refractivity contribution in [1.82, 2.24) is 4.90 Å². The monoisotopic (exact) mass is 297 g/mol. The Morgan fingerprint density at radius 1 is 1.41 bits per heavy atom. The first-order valence-corrected chi connectivity index (χ1v) is 6.20. The molecule has 1 N–H and O–H groups in total. The summed E-state index contributed by atoms with van der Waals surface area (Å²) in [6, 6.07) is 7.64. The molecule has 0 aliphatic heterocycles. The van der Waals surface area contributed by atoms with E-state index in [1.165, 1.54) is 0 Å². The van der Waals surface area contributed by atoms with Crippen molar-refractivity contribution in [3.8, 4) is 0 Å². The summed E-state index contributed by atoms with van der Waals surface area (Å²) >= 11 is 3.35. The number of benzene rings is 1. The van der Waals surface area contributed by atoms with Gasteiger partial charge in [-0.25, -0.2) is 0 Å². The number of amides is 1. The molecular formula is C13H16BrNO2. The maximum Gasteiger partial charge on any atom is 0.227 e. The van der Waals surface area contributed by atoms with E-state index in [4.69, 9.17) is 5.11 Å². The van der Waals surface area contributed by atoms with Crippen LogP contribution >= 0.6 is 15.9 Å². The highest BCUT2D eigenvalue weighted by atomic mass is 79.9. The topological polar surface area (TPSA) is 40.5 Å². The Morgan fingerprint density at radius 2 is 2.06 bits per heavy atom. The molecule has 1 aromatic rings. The van der Waals surface area contributed by atoms with Crippen molar-refractivity contribution in [2.45, 2.75) is 6.42 Å². The van der Waals surface area contributed by atoms with Crippen LogP contribution in [0.3, 0.4) is 0 Å². The lowest BCUT2D eigenvalue weighted by Gasteiger charge is -2.19. The van der Waals surface area contributed by atoms with Crippen LogP contribution in [0.5, 0.6) is 0 Å². The van der Waals surface area contributed by atoms with Crippen molar-refractivity contribution in [1.29, 1.82) is 0 Å². The molecule has 0 aromatic heterocycles. The molecule has 0 aliphatic carbocycles. The van der Waals surface area contributed by atoms with E-state index in [2.05, 4.69) is 22.5 Å². The van der Waals surface area contributed by atoms with Crippen LogP contribution in [0, 0.1) is 0 Å². The highest BCUT2D eigenvalue weighted by molar-refractivity contribution is 9.10. The van der Waals surface area contributed by atoms with Gasteiger partial charge in [-0.3, -0.25) is 4.79 Å². The summed E-state index contributed by atoms with van der Waals surface area (Å²) in [5.74, 6) is 0.00118. The van der Waals surface area contributed by atoms with Crippen LogP contribution in [0.1, 0.15) is 5.56 Å². The van der Waals surface area contributed by atoms with Crippen LogP contribution in [0.4, 0.5) is 0 Å². The lowest BCUT2D eigenvalue weighted by Crippen LogP contribution is -2.34. The number of hydrogen-bond donors (Lipinski definition) is 1. The zero-order valence-corrected chi connectivity index (χ0v) is 11.2. The van der Waals surface area contributed by atoms with Gasteiger partial charge in [-0.15, -0.1) is 6.58 Å². The number of nitrogens with zero attached hydrogens (tertiary/aromatic N) is 1. The van der Waals surface area contributed by atoms with E-state index in [-0.39, 0.29) is 12.5 Å². The van der Waals surface area contributed by atoms with Crippen molar-refractivity contribution >= 4 is 21.8 Å². The molecule has 92 valence electrons. The van der Waals surface area contributed by atoms with Gasteiger partial charge in [0.05, 0.1) is 13.0 Å². The molecule has 17 heavy (non-hydrogen) atoms. The van der Waals surface area contributed by atoms with Crippen molar-refractivity contribution in [2.24, 2.45) is 0 Å². The number of hydrogen-bond acceptors (Lipinski definition) is 2. The predicted octanol–water partition coefficient (Wildman–Crippen LogP) is 2.00. The quantitative estimate of drug-likeness (QED) is 0.816. The predicted molar refractivity (Wildman–Crippen MR) is 71.7 cm³/mol. The van der Waals surface area contributed by atoms with Gasteiger partial charge in [0, 0.05) is 17.6 Å². The Morgan fingerprint density at radius 3 is 2.59 bits per heavy atom. The third-order valence-electron chi connectivity index (χ3n) is 2.34. The molecule has 0 radical (unpaired) electrons. The van der Waals surface area contributed by atoms with Crippen LogP contribution in [-0.4, -0.2) is 35.6 Å². The van der Waals surface area contributed by atoms with E-state index in [9.17, 15) is 4.79 Å². The summed E-state index contributed by atoms with van der Waals surface area (Å²) in [4.78, 5) is 13.5. The molecule has 1 rings (SSSR count). The Labute approximate surface area is 110 Å².